The second-order valence-corrected chi connectivity index (χ2v) is 7.56. The lowest BCUT2D eigenvalue weighted by Crippen LogP contribution is -2.49. The van der Waals surface area contributed by atoms with Crippen molar-refractivity contribution in [2.45, 2.75) is 33.2 Å². The van der Waals surface area contributed by atoms with Gasteiger partial charge in [0.15, 0.2) is 0 Å². The number of hydrogen-bond donors (Lipinski definition) is 0. The van der Waals surface area contributed by atoms with Crippen LogP contribution < -0.4 is 0 Å². The van der Waals surface area contributed by atoms with Crippen LogP contribution in [0.3, 0.4) is 0 Å². The Balaban J connectivity index is 1.57. The highest BCUT2D eigenvalue weighted by molar-refractivity contribution is 7.13. The minimum Gasteiger partial charge on any atom is -0.418 e. The van der Waals surface area contributed by atoms with Crippen molar-refractivity contribution in [1.82, 2.24) is 20.0 Å². The lowest BCUT2D eigenvalue weighted by molar-refractivity contribution is -0.134. The Morgan fingerprint density at radius 2 is 2.00 bits per heavy atom. The minimum absolute atomic E-state index is 0.0635. The molecular weight excluding hydrogens is 324 g/mol. The van der Waals surface area contributed by atoms with Gasteiger partial charge in [-0.3, -0.25) is 9.69 Å². The molecule has 0 saturated carbocycles. The number of hydrogen-bond acceptors (Lipinski definition) is 6. The van der Waals surface area contributed by atoms with Crippen LogP contribution in [0.4, 0.5) is 0 Å². The van der Waals surface area contributed by atoms with Crippen LogP contribution in [0.2, 0.25) is 0 Å². The van der Waals surface area contributed by atoms with Crippen LogP contribution in [-0.4, -0.2) is 52.1 Å². The van der Waals surface area contributed by atoms with E-state index in [0.29, 0.717) is 24.1 Å². The quantitative estimate of drug-likeness (QED) is 0.831. The molecule has 1 fully saturated rings. The van der Waals surface area contributed by atoms with Gasteiger partial charge in [0.2, 0.25) is 11.8 Å². The molecule has 1 saturated heterocycles. The van der Waals surface area contributed by atoms with Crippen LogP contribution in [0.25, 0.3) is 10.8 Å². The highest BCUT2D eigenvalue weighted by atomic mass is 32.1. The maximum Gasteiger partial charge on any atom is 0.257 e. The molecule has 0 spiro atoms. The van der Waals surface area contributed by atoms with Gasteiger partial charge in [0.05, 0.1) is 10.9 Å². The summed E-state index contributed by atoms with van der Waals surface area (Å²) in [6.07, 6.45) is 0.628. The van der Waals surface area contributed by atoms with Crippen molar-refractivity contribution in [2.75, 3.05) is 26.2 Å². The monoisotopic (exact) mass is 348 g/mol. The van der Waals surface area contributed by atoms with E-state index in [2.05, 4.69) is 35.9 Å². The Labute approximate surface area is 146 Å². The number of amides is 1. The first-order valence-electron chi connectivity index (χ1n) is 8.43. The summed E-state index contributed by atoms with van der Waals surface area (Å²) in [4.78, 5) is 17.4. The maximum absolute atomic E-state index is 12.2. The molecule has 1 unspecified atom stereocenters. The van der Waals surface area contributed by atoms with Gasteiger partial charge in [-0.1, -0.05) is 19.9 Å². The molecule has 0 N–H and O–H groups in total. The predicted octanol–water partition coefficient (Wildman–Crippen LogP) is 3.05. The van der Waals surface area contributed by atoms with Crippen molar-refractivity contribution in [2.24, 2.45) is 5.92 Å². The standard InChI is InChI=1S/C17H24N4O2S/c1-12(2)11-15(22)21-8-6-20(7-9-21)13(3)16-18-19-17(23-16)14-5-4-10-24-14/h4-5,10,12-13H,6-9,11H2,1-3H3. The Morgan fingerprint density at radius 3 is 2.62 bits per heavy atom. The molecule has 1 aliphatic heterocycles. The molecule has 130 valence electrons. The van der Waals surface area contributed by atoms with Crippen molar-refractivity contribution in [3.63, 3.8) is 0 Å². The average molecular weight is 348 g/mol. The van der Waals surface area contributed by atoms with Crippen LogP contribution in [0.15, 0.2) is 21.9 Å². The highest BCUT2D eigenvalue weighted by Crippen LogP contribution is 2.27. The number of piperazine rings is 1. The number of nitrogens with zero attached hydrogens (tertiary/aromatic N) is 4. The zero-order valence-electron chi connectivity index (χ0n) is 14.4. The van der Waals surface area contributed by atoms with Crippen molar-refractivity contribution in [3.05, 3.63) is 23.4 Å². The summed E-state index contributed by atoms with van der Waals surface area (Å²) in [6, 6.07) is 4.01. The SMILES string of the molecule is CC(C)CC(=O)N1CCN(C(C)c2nnc(-c3cccs3)o2)CC1. The maximum atomic E-state index is 12.2. The molecule has 1 aliphatic rings. The molecular formula is C17H24N4O2S. The van der Waals surface area contributed by atoms with E-state index in [0.717, 1.165) is 31.1 Å². The van der Waals surface area contributed by atoms with Crippen LogP contribution in [-0.2, 0) is 4.79 Å². The van der Waals surface area contributed by atoms with E-state index in [4.69, 9.17) is 4.42 Å². The number of thiophene rings is 1. The molecule has 0 bridgehead atoms. The van der Waals surface area contributed by atoms with E-state index >= 15 is 0 Å². The first-order chi connectivity index (χ1) is 11.5. The summed E-state index contributed by atoms with van der Waals surface area (Å²) in [5, 5.41) is 10.4. The smallest absolute Gasteiger partial charge is 0.257 e. The summed E-state index contributed by atoms with van der Waals surface area (Å²) in [6.45, 7) is 9.44. The molecule has 3 heterocycles. The number of carbonyl (C=O) groups excluding carboxylic acids is 1. The van der Waals surface area contributed by atoms with Crippen molar-refractivity contribution in [1.29, 1.82) is 0 Å². The third-order valence-electron chi connectivity index (χ3n) is 4.33. The number of carbonyl (C=O) groups is 1. The van der Waals surface area contributed by atoms with Gasteiger partial charge in [0, 0.05) is 32.6 Å². The molecule has 0 aromatic carbocycles. The molecule has 2 aromatic rings. The molecule has 1 atom stereocenters. The van der Waals surface area contributed by atoms with Crippen LogP contribution >= 0.6 is 11.3 Å². The summed E-state index contributed by atoms with van der Waals surface area (Å²) in [5.74, 6) is 1.89. The van der Waals surface area contributed by atoms with E-state index in [1.165, 1.54) is 0 Å². The third-order valence-corrected chi connectivity index (χ3v) is 5.19. The predicted molar refractivity (Wildman–Crippen MR) is 93.6 cm³/mol. The largest absolute Gasteiger partial charge is 0.418 e. The van der Waals surface area contributed by atoms with E-state index < -0.39 is 0 Å². The Morgan fingerprint density at radius 1 is 1.25 bits per heavy atom. The Hall–Kier alpha value is -1.73. The van der Waals surface area contributed by atoms with Crippen LogP contribution in [0.1, 0.15) is 39.1 Å². The molecule has 0 aliphatic carbocycles. The van der Waals surface area contributed by atoms with Gasteiger partial charge < -0.3 is 9.32 Å². The van der Waals surface area contributed by atoms with Gasteiger partial charge in [-0.05, 0) is 24.3 Å². The Bertz CT molecular complexity index is 660. The second-order valence-electron chi connectivity index (χ2n) is 6.61. The first-order valence-corrected chi connectivity index (χ1v) is 9.31. The lowest BCUT2D eigenvalue weighted by atomic mass is 10.1. The fourth-order valence-electron chi connectivity index (χ4n) is 2.90. The van der Waals surface area contributed by atoms with Crippen LogP contribution in [0, 0.1) is 5.92 Å². The number of rotatable bonds is 5. The topological polar surface area (TPSA) is 62.5 Å². The zero-order valence-corrected chi connectivity index (χ0v) is 15.3. The summed E-state index contributed by atoms with van der Waals surface area (Å²) in [7, 11) is 0. The van der Waals surface area contributed by atoms with E-state index in [-0.39, 0.29) is 11.9 Å². The van der Waals surface area contributed by atoms with Gasteiger partial charge in [0.25, 0.3) is 5.89 Å². The zero-order chi connectivity index (χ0) is 17.1. The minimum atomic E-state index is 0.0635. The van der Waals surface area contributed by atoms with E-state index in [1.54, 1.807) is 11.3 Å². The third kappa shape index (κ3) is 3.84. The molecule has 0 radical (unpaired) electrons. The highest BCUT2D eigenvalue weighted by Gasteiger charge is 2.27. The van der Waals surface area contributed by atoms with Crippen molar-refractivity contribution < 1.29 is 9.21 Å². The van der Waals surface area contributed by atoms with Crippen molar-refractivity contribution in [3.8, 4) is 10.8 Å². The van der Waals surface area contributed by atoms with Crippen LogP contribution in [0.5, 0.6) is 0 Å². The molecule has 6 nitrogen and oxygen atoms in total. The molecule has 2 aromatic heterocycles. The summed E-state index contributed by atoms with van der Waals surface area (Å²) in [5.41, 5.74) is 0. The van der Waals surface area contributed by atoms with E-state index in [9.17, 15) is 4.79 Å². The summed E-state index contributed by atoms with van der Waals surface area (Å²) >= 11 is 1.59. The van der Waals surface area contributed by atoms with Crippen molar-refractivity contribution >= 4 is 17.2 Å². The fourth-order valence-corrected chi connectivity index (χ4v) is 3.54. The molecule has 7 heteroatoms. The fraction of sp³-hybridized carbons (Fsp3) is 0.588. The lowest BCUT2D eigenvalue weighted by Gasteiger charge is -2.37. The summed E-state index contributed by atoms with van der Waals surface area (Å²) < 4.78 is 5.84. The second kappa shape index (κ2) is 7.44. The van der Waals surface area contributed by atoms with Gasteiger partial charge in [-0.25, -0.2) is 0 Å². The first kappa shape index (κ1) is 17.1. The van der Waals surface area contributed by atoms with E-state index in [1.807, 2.05) is 22.4 Å². The van der Waals surface area contributed by atoms with Gasteiger partial charge >= 0.3 is 0 Å². The normalized spacial score (nSPS) is 17.4. The molecule has 3 rings (SSSR count). The average Bonchev–Trinajstić information content (AvgIpc) is 3.24. The number of aromatic nitrogens is 2. The van der Waals surface area contributed by atoms with Gasteiger partial charge in [-0.2, -0.15) is 0 Å². The molecule has 24 heavy (non-hydrogen) atoms. The molecule has 1 amide bonds. The van der Waals surface area contributed by atoms with Gasteiger partial charge in [-0.15, -0.1) is 21.5 Å². The van der Waals surface area contributed by atoms with Gasteiger partial charge in [0.1, 0.15) is 0 Å². The Kier molecular flexibility index (Phi) is 5.30.